The summed E-state index contributed by atoms with van der Waals surface area (Å²) in [4.78, 5) is 10.4. The van der Waals surface area contributed by atoms with Crippen LogP contribution < -0.4 is 5.32 Å². The Kier molecular flexibility index (Phi) is 7.10. The van der Waals surface area contributed by atoms with E-state index >= 15 is 0 Å². The molecule has 0 saturated carbocycles. The summed E-state index contributed by atoms with van der Waals surface area (Å²) in [7, 11) is 0. The van der Waals surface area contributed by atoms with Gasteiger partial charge in [-0.25, -0.2) is 4.98 Å². The zero-order valence-corrected chi connectivity index (χ0v) is 21.1. The Balaban J connectivity index is 1.16. The Morgan fingerprint density at radius 1 is 1.03 bits per heavy atom. The third-order valence-corrected chi connectivity index (χ3v) is 7.65. The SMILES string of the molecule is c1ccc(C(CCn2ccnc2)N2CCNCC2CCCc2c[nH]c3ccc(-n4cnnc4)cc23)cc1. The summed E-state index contributed by atoms with van der Waals surface area (Å²) in [5, 5.41) is 12.8. The molecule has 8 nitrogen and oxygen atoms in total. The zero-order valence-electron chi connectivity index (χ0n) is 21.1. The predicted octanol–water partition coefficient (Wildman–Crippen LogP) is 4.37. The van der Waals surface area contributed by atoms with E-state index < -0.39 is 0 Å². The Labute approximate surface area is 217 Å². The predicted molar refractivity (Wildman–Crippen MR) is 146 cm³/mol. The quantitative estimate of drug-likeness (QED) is 0.301. The molecule has 6 rings (SSSR count). The van der Waals surface area contributed by atoms with Gasteiger partial charge in [0.05, 0.1) is 6.33 Å². The molecule has 0 amide bonds. The number of aromatic amines is 1. The van der Waals surface area contributed by atoms with Crippen LogP contribution in [0, 0.1) is 0 Å². The third kappa shape index (κ3) is 5.35. The van der Waals surface area contributed by atoms with Gasteiger partial charge in [-0.1, -0.05) is 30.3 Å². The van der Waals surface area contributed by atoms with Crippen molar-refractivity contribution in [1.29, 1.82) is 0 Å². The fraction of sp³-hybridized carbons (Fsp3) is 0.345. The van der Waals surface area contributed by atoms with Crippen molar-refractivity contribution in [3.63, 3.8) is 0 Å². The number of nitrogens with zero attached hydrogens (tertiary/aromatic N) is 6. The first-order valence-electron chi connectivity index (χ1n) is 13.3. The summed E-state index contributed by atoms with van der Waals surface area (Å²) >= 11 is 0. The summed E-state index contributed by atoms with van der Waals surface area (Å²) in [6.07, 6.45) is 16.0. The van der Waals surface area contributed by atoms with Gasteiger partial charge in [-0.3, -0.25) is 9.47 Å². The summed E-state index contributed by atoms with van der Waals surface area (Å²) in [6.45, 7) is 4.13. The van der Waals surface area contributed by atoms with Crippen LogP contribution in [0.25, 0.3) is 16.6 Å². The zero-order chi connectivity index (χ0) is 24.9. The van der Waals surface area contributed by atoms with Gasteiger partial charge < -0.3 is 14.9 Å². The largest absolute Gasteiger partial charge is 0.361 e. The van der Waals surface area contributed by atoms with Crippen LogP contribution >= 0.6 is 0 Å². The number of H-pyrrole nitrogens is 1. The Hall–Kier alpha value is -3.75. The average molecular weight is 495 g/mol. The van der Waals surface area contributed by atoms with Gasteiger partial charge in [-0.15, -0.1) is 10.2 Å². The van der Waals surface area contributed by atoms with Crippen LogP contribution in [0.2, 0.25) is 0 Å². The molecule has 8 heteroatoms. The van der Waals surface area contributed by atoms with E-state index in [1.807, 2.05) is 17.1 Å². The van der Waals surface area contributed by atoms with Crippen molar-refractivity contribution in [2.75, 3.05) is 19.6 Å². The van der Waals surface area contributed by atoms with Gasteiger partial charge >= 0.3 is 0 Å². The summed E-state index contributed by atoms with van der Waals surface area (Å²) in [6, 6.07) is 18.4. The number of piperazine rings is 1. The Morgan fingerprint density at radius 3 is 2.76 bits per heavy atom. The van der Waals surface area contributed by atoms with Crippen LogP contribution in [-0.2, 0) is 13.0 Å². The van der Waals surface area contributed by atoms with E-state index in [1.54, 1.807) is 12.7 Å². The fourth-order valence-corrected chi connectivity index (χ4v) is 5.74. The van der Waals surface area contributed by atoms with Gasteiger partial charge in [-0.05, 0) is 55.0 Å². The smallest absolute Gasteiger partial charge is 0.123 e. The fourth-order valence-electron chi connectivity index (χ4n) is 5.74. The van der Waals surface area contributed by atoms with Crippen LogP contribution in [0.5, 0.6) is 0 Å². The van der Waals surface area contributed by atoms with E-state index in [2.05, 4.69) is 95.9 Å². The molecule has 0 spiro atoms. The highest BCUT2D eigenvalue weighted by Gasteiger charge is 2.29. The van der Waals surface area contributed by atoms with Crippen molar-refractivity contribution < 1.29 is 0 Å². The molecule has 4 heterocycles. The van der Waals surface area contributed by atoms with Crippen molar-refractivity contribution in [1.82, 2.24) is 39.5 Å². The topological polar surface area (TPSA) is 79.6 Å². The maximum absolute atomic E-state index is 4.24. The Bertz CT molecular complexity index is 1370. The first-order chi connectivity index (χ1) is 18.3. The molecular formula is C29H34N8. The van der Waals surface area contributed by atoms with Crippen molar-refractivity contribution in [3.8, 4) is 5.69 Å². The van der Waals surface area contributed by atoms with E-state index in [9.17, 15) is 0 Å². The molecule has 2 atom stereocenters. The van der Waals surface area contributed by atoms with Gasteiger partial charge in [0.15, 0.2) is 0 Å². The number of imidazole rings is 1. The van der Waals surface area contributed by atoms with Crippen LogP contribution in [0.1, 0.15) is 36.4 Å². The molecule has 1 aliphatic rings. The van der Waals surface area contributed by atoms with Crippen molar-refractivity contribution >= 4 is 10.9 Å². The van der Waals surface area contributed by atoms with E-state index in [0.29, 0.717) is 12.1 Å². The van der Waals surface area contributed by atoms with E-state index in [1.165, 1.54) is 28.5 Å². The second kappa shape index (κ2) is 11.1. The molecule has 37 heavy (non-hydrogen) atoms. The first kappa shape index (κ1) is 23.6. The van der Waals surface area contributed by atoms with Crippen LogP contribution in [0.3, 0.4) is 0 Å². The van der Waals surface area contributed by atoms with Crippen LogP contribution in [-0.4, -0.2) is 59.9 Å². The number of benzene rings is 2. The minimum Gasteiger partial charge on any atom is -0.361 e. The molecule has 3 aromatic heterocycles. The highest BCUT2D eigenvalue weighted by molar-refractivity contribution is 5.85. The minimum absolute atomic E-state index is 0.398. The monoisotopic (exact) mass is 494 g/mol. The first-order valence-corrected chi connectivity index (χ1v) is 13.3. The molecule has 190 valence electrons. The molecule has 1 aliphatic heterocycles. The molecule has 5 aromatic rings. The van der Waals surface area contributed by atoms with Gasteiger partial charge in [0, 0.05) is 73.4 Å². The summed E-state index contributed by atoms with van der Waals surface area (Å²) in [5.41, 5.74) is 5.05. The number of hydrogen-bond donors (Lipinski definition) is 2. The van der Waals surface area contributed by atoms with E-state index in [-0.39, 0.29) is 0 Å². The highest BCUT2D eigenvalue weighted by Crippen LogP contribution is 2.30. The second-order valence-electron chi connectivity index (χ2n) is 9.92. The molecule has 2 N–H and O–H groups in total. The lowest BCUT2D eigenvalue weighted by molar-refractivity contribution is 0.0901. The molecule has 1 saturated heterocycles. The van der Waals surface area contributed by atoms with Gasteiger partial charge in [0.25, 0.3) is 0 Å². The lowest BCUT2D eigenvalue weighted by Crippen LogP contribution is -2.52. The molecule has 2 unspecified atom stereocenters. The normalized spacial score (nSPS) is 17.4. The Morgan fingerprint density at radius 2 is 1.92 bits per heavy atom. The van der Waals surface area contributed by atoms with Gasteiger partial charge in [0.2, 0.25) is 0 Å². The molecule has 0 aliphatic carbocycles. The third-order valence-electron chi connectivity index (χ3n) is 7.65. The lowest BCUT2D eigenvalue weighted by atomic mass is 9.95. The number of nitrogens with one attached hydrogen (secondary N) is 2. The maximum Gasteiger partial charge on any atom is 0.123 e. The van der Waals surface area contributed by atoms with Crippen molar-refractivity contribution in [2.45, 2.75) is 44.3 Å². The van der Waals surface area contributed by atoms with Gasteiger partial charge in [-0.2, -0.15) is 0 Å². The molecule has 1 fully saturated rings. The lowest BCUT2D eigenvalue weighted by Gasteiger charge is -2.42. The van der Waals surface area contributed by atoms with Crippen molar-refractivity contribution in [2.24, 2.45) is 0 Å². The number of aromatic nitrogens is 6. The summed E-state index contributed by atoms with van der Waals surface area (Å²) < 4.78 is 4.15. The number of hydrogen-bond acceptors (Lipinski definition) is 5. The van der Waals surface area contributed by atoms with Crippen LogP contribution in [0.4, 0.5) is 0 Å². The summed E-state index contributed by atoms with van der Waals surface area (Å²) in [5.74, 6) is 0. The maximum atomic E-state index is 4.24. The van der Waals surface area contributed by atoms with Crippen molar-refractivity contribution in [3.05, 3.63) is 97.2 Å². The molecule has 0 radical (unpaired) electrons. The number of aryl methyl sites for hydroxylation is 2. The molecular weight excluding hydrogens is 460 g/mol. The second-order valence-corrected chi connectivity index (χ2v) is 9.92. The van der Waals surface area contributed by atoms with Gasteiger partial charge in [0.1, 0.15) is 12.7 Å². The number of rotatable bonds is 10. The standard InChI is InChI=1S/C29H34N8/c1-2-5-23(6-3-1)29(11-14-35-15-12-31-20-35)37-16-13-30-19-26(37)8-4-7-24-18-32-28-10-9-25(17-27(24)28)36-21-33-34-22-36/h1-3,5-6,9-10,12,15,17-18,20-22,26,29-30,32H,4,7-8,11,13-14,16,19H2. The van der Waals surface area contributed by atoms with E-state index in [4.69, 9.17) is 0 Å². The molecule has 2 aromatic carbocycles. The number of fused-ring (bicyclic) bond motifs is 1. The minimum atomic E-state index is 0.398. The van der Waals surface area contributed by atoms with E-state index in [0.717, 1.165) is 51.1 Å². The molecule has 0 bridgehead atoms. The van der Waals surface area contributed by atoms with Crippen LogP contribution in [0.15, 0.2) is 86.1 Å². The average Bonchev–Trinajstić information content (AvgIpc) is 3.73. The highest BCUT2D eigenvalue weighted by atomic mass is 15.2.